The number of likely N-dealkylation sites (tertiary alicyclic amines) is 1. The van der Waals surface area contributed by atoms with E-state index in [1.165, 1.54) is 0 Å². The van der Waals surface area contributed by atoms with Crippen molar-refractivity contribution in [3.8, 4) is 0 Å². The molecule has 1 saturated heterocycles. The number of nitrogens with zero attached hydrogens (tertiary/aromatic N) is 4. The van der Waals surface area contributed by atoms with Crippen LogP contribution in [-0.2, 0) is 7.05 Å². The number of likely N-dealkylation sites (N-methyl/N-ethyl adjacent to an activating group) is 2. The second-order valence-corrected chi connectivity index (χ2v) is 8.18. The van der Waals surface area contributed by atoms with Crippen LogP contribution in [0.1, 0.15) is 10.4 Å². The van der Waals surface area contributed by atoms with Gasteiger partial charge in [-0.3, -0.25) is 4.79 Å². The van der Waals surface area contributed by atoms with Crippen molar-refractivity contribution in [2.24, 2.45) is 18.9 Å². The van der Waals surface area contributed by atoms with E-state index in [-0.39, 0.29) is 18.4 Å². The number of aryl methyl sites for hydroxylation is 1. The van der Waals surface area contributed by atoms with Gasteiger partial charge in [-0.15, -0.1) is 0 Å². The number of hydrogen-bond donors (Lipinski definition) is 1. The highest BCUT2D eigenvalue weighted by atomic mass is 16.3. The summed E-state index contributed by atoms with van der Waals surface area (Å²) in [5.41, 5.74) is 1.79. The van der Waals surface area contributed by atoms with Gasteiger partial charge in [0.25, 0.3) is 5.91 Å². The summed E-state index contributed by atoms with van der Waals surface area (Å²) in [4.78, 5) is 19.4. The summed E-state index contributed by atoms with van der Waals surface area (Å²) in [5, 5.41) is 11.0. The zero-order valence-electron chi connectivity index (χ0n) is 16.9. The average Bonchev–Trinajstić information content (AvgIpc) is 3.22. The van der Waals surface area contributed by atoms with E-state index in [0.29, 0.717) is 19.0 Å². The first-order valence-corrected chi connectivity index (χ1v) is 9.67. The Labute approximate surface area is 162 Å². The third-order valence-electron chi connectivity index (χ3n) is 5.71. The summed E-state index contributed by atoms with van der Waals surface area (Å²) in [5.74, 6) is 0.523. The molecule has 1 amide bonds. The normalized spacial score (nSPS) is 20.3. The fourth-order valence-electron chi connectivity index (χ4n) is 3.96. The van der Waals surface area contributed by atoms with Crippen LogP contribution in [0.3, 0.4) is 0 Å². The van der Waals surface area contributed by atoms with E-state index < -0.39 is 0 Å². The minimum Gasteiger partial charge on any atom is -0.396 e. The van der Waals surface area contributed by atoms with Gasteiger partial charge in [0.2, 0.25) is 0 Å². The predicted octanol–water partition coefficient (Wildman–Crippen LogP) is 1.35. The molecule has 2 aromatic rings. The maximum atomic E-state index is 13.0. The zero-order chi connectivity index (χ0) is 19.6. The Balaban J connectivity index is 1.67. The van der Waals surface area contributed by atoms with Crippen LogP contribution in [-0.4, -0.2) is 90.8 Å². The number of aromatic nitrogens is 1. The molecule has 0 aliphatic carbocycles. The monoisotopic (exact) mass is 372 g/mol. The number of amides is 1. The number of benzene rings is 1. The van der Waals surface area contributed by atoms with Gasteiger partial charge in [-0.2, -0.15) is 0 Å². The van der Waals surface area contributed by atoms with Crippen LogP contribution in [0.5, 0.6) is 0 Å². The van der Waals surface area contributed by atoms with E-state index >= 15 is 0 Å². The van der Waals surface area contributed by atoms with E-state index in [2.05, 4.69) is 37.0 Å². The lowest BCUT2D eigenvalue weighted by Gasteiger charge is -2.25. The molecule has 0 unspecified atom stereocenters. The molecule has 1 aliphatic rings. The Morgan fingerprint density at radius 1 is 1.15 bits per heavy atom. The second-order valence-electron chi connectivity index (χ2n) is 8.18. The molecule has 1 aromatic heterocycles. The SMILES string of the molecule is CN(C)CCN(C)C[C@@H]1CN(C(=O)c2ccc3ccn(C)c3c2)C[C@@H]1CO. The van der Waals surface area contributed by atoms with Crippen LogP contribution < -0.4 is 0 Å². The molecule has 6 nitrogen and oxygen atoms in total. The van der Waals surface area contributed by atoms with Gasteiger partial charge in [0, 0.05) is 69.6 Å². The summed E-state index contributed by atoms with van der Waals surface area (Å²) in [6.07, 6.45) is 2.01. The van der Waals surface area contributed by atoms with Gasteiger partial charge in [0.1, 0.15) is 0 Å². The minimum atomic E-state index is 0.0648. The molecule has 1 N–H and O–H groups in total. The Morgan fingerprint density at radius 3 is 2.59 bits per heavy atom. The third kappa shape index (κ3) is 4.51. The van der Waals surface area contributed by atoms with E-state index in [0.717, 1.165) is 36.1 Å². The van der Waals surface area contributed by atoms with E-state index in [1.54, 1.807) is 0 Å². The number of fused-ring (bicyclic) bond motifs is 1. The molecule has 0 spiro atoms. The first-order valence-electron chi connectivity index (χ1n) is 9.67. The highest BCUT2D eigenvalue weighted by Crippen LogP contribution is 2.26. The summed E-state index contributed by atoms with van der Waals surface area (Å²) < 4.78 is 2.04. The first-order chi connectivity index (χ1) is 12.9. The van der Waals surface area contributed by atoms with Crippen LogP contribution in [0.15, 0.2) is 30.5 Å². The smallest absolute Gasteiger partial charge is 0.253 e. The highest BCUT2D eigenvalue weighted by molar-refractivity contribution is 5.98. The lowest BCUT2D eigenvalue weighted by atomic mass is 9.96. The van der Waals surface area contributed by atoms with Crippen LogP contribution in [0.4, 0.5) is 0 Å². The van der Waals surface area contributed by atoms with Gasteiger partial charge in [-0.05, 0) is 50.6 Å². The van der Waals surface area contributed by atoms with Gasteiger partial charge >= 0.3 is 0 Å². The van der Waals surface area contributed by atoms with E-state index in [1.807, 2.05) is 40.9 Å². The van der Waals surface area contributed by atoms with Crippen molar-refractivity contribution in [3.05, 3.63) is 36.0 Å². The Hall–Kier alpha value is -1.89. The van der Waals surface area contributed by atoms with Crippen molar-refractivity contribution in [2.45, 2.75) is 0 Å². The molecular formula is C21H32N4O2. The topological polar surface area (TPSA) is 52.0 Å². The highest BCUT2D eigenvalue weighted by Gasteiger charge is 2.35. The number of carbonyl (C=O) groups is 1. The molecule has 0 radical (unpaired) electrons. The van der Waals surface area contributed by atoms with Crippen molar-refractivity contribution in [1.29, 1.82) is 0 Å². The molecule has 148 valence electrons. The van der Waals surface area contributed by atoms with Crippen LogP contribution in [0.25, 0.3) is 10.9 Å². The van der Waals surface area contributed by atoms with Gasteiger partial charge in [-0.25, -0.2) is 0 Å². The fraction of sp³-hybridized carbons (Fsp3) is 0.571. The molecule has 2 heterocycles. The summed E-state index contributed by atoms with van der Waals surface area (Å²) in [6, 6.07) is 7.95. The molecular weight excluding hydrogens is 340 g/mol. The van der Waals surface area contributed by atoms with Crippen LogP contribution >= 0.6 is 0 Å². The number of aliphatic hydroxyl groups is 1. The molecule has 3 rings (SSSR count). The Morgan fingerprint density at radius 2 is 1.89 bits per heavy atom. The van der Waals surface area contributed by atoms with Gasteiger partial charge < -0.3 is 24.4 Å². The average molecular weight is 373 g/mol. The standard InChI is InChI=1S/C21H32N4O2/c1-22(2)9-10-23(3)12-18-13-25(14-19(18)15-26)21(27)17-6-5-16-7-8-24(4)20(16)11-17/h5-8,11,18-19,26H,9-10,12-15H2,1-4H3/t18-,19-/m1/s1. The number of aliphatic hydroxyl groups excluding tert-OH is 1. The van der Waals surface area contributed by atoms with Gasteiger partial charge in [0.15, 0.2) is 0 Å². The lowest BCUT2D eigenvalue weighted by Crippen LogP contribution is -2.35. The number of carbonyl (C=O) groups excluding carboxylic acids is 1. The largest absolute Gasteiger partial charge is 0.396 e. The maximum absolute atomic E-state index is 13.0. The third-order valence-corrected chi connectivity index (χ3v) is 5.71. The lowest BCUT2D eigenvalue weighted by molar-refractivity contribution is 0.0779. The second kappa shape index (κ2) is 8.42. The molecule has 27 heavy (non-hydrogen) atoms. The van der Waals surface area contributed by atoms with Crippen LogP contribution in [0.2, 0.25) is 0 Å². The van der Waals surface area contributed by atoms with Gasteiger partial charge in [-0.1, -0.05) is 6.07 Å². The maximum Gasteiger partial charge on any atom is 0.253 e. The first kappa shape index (κ1) is 19.9. The predicted molar refractivity (Wildman–Crippen MR) is 109 cm³/mol. The molecule has 0 saturated carbocycles. The Kier molecular flexibility index (Phi) is 6.19. The van der Waals surface area contributed by atoms with Crippen molar-refractivity contribution in [1.82, 2.24) is 19.3 Å². The molecule has 2 atom stereocenters. The molecule has 6 heteroatoms. The van der Waals surface area contributed by atoms with Gasteiger partial charge in [0.05, 0.1) is 0 Å². The van der Waals surface area contributed by atoms with Crippen molar-refractivity contribution in [2.75, 3.05) is 60.5 Å². The minimum absolute atomic E-state index is 0.0648. The quantitative estimate of drug-likeness (QED) is 0.797. The summed E-state index contributed by atoms with van der Waals surface area (Å²) in [7, 11) is 8.26. The zero-order valence-corrected chi connectivity index (χ0v) is 16.9. The van der Waals surface area contributed by atoms with Crippen molar-refractivity contribution in [3.63, 3.8) is 0 Å². The molecule has 1 aliphatic heterocycles. The van der Waals surface area contributed by atoms with E-state index in [4.69, 9.17) is 0 Å². The van der Waals surface area contributed by atoms with Crippen LogP contribution in [0, 0.1) is 11.8 Å². The van der Waals surface area contributed by atoms with Crippen molar-refractivity contribution < 1.29 is 9.90 Å². The summed E-state index contributed by atoms with van der Waals surface area (Å²) in [6.45, 7) is 4.37. The fourth-order valence-corrected chi connectivity index (χ4v) is 3.96. The molecule has 1 aromatic carbocycles. The van der Waals surface area contributed by atoms with Crippen molar-refractivity contribution >= 4 is 16.8 Å². The number of rotatable bonds is 7. The molecule has 1 fully saturated rings. The molecule has 0 bridgehead atoms. The Bertz CT molecular complexity index is 786. The van der Waals surface area contributed by atoms with E-state index in [9.17, 15) is 9.90 Å². The summed E-state index contributed by atoms with van der Waals surface area (Å²) >= 11 is 0. The number of hydrogen-bond acceptors (Lipinski definition) is 4.